The van der Waals surface area contributed by atoms with Gasteiger partial charge in [0.1, 0.15) is 5.75 Å². The highest BCUT2D eigenvalue weighted by Crippen LogP contribution is 2.36. The second-order valence-corrected chi connectivity index (χ2v) is 8.55. The lowest BCUT2D eigenvalue weighted by atomic mass is 9.96. The van der Waals surface area contributed by atoms with Gasteiger partial charge < -0.3 is 4.74 Å². The minimum Gasteiger partial charge on any atom is -0.494 e. The van der Waals surface area contributed by atoms with E-state index < -0.39 is 0 Å². The van der Waals surface area contributed by atoms with Crippen molar-refractivity contribution in [2.45, 2.75) is 40.5 Å². The van der Waals surface area contributed by atoms with Crippen LogP contribution in [-0.2, 0) is 4.79 Å². The minimum atomic E-state index is -0.0276. The molecule has 0 unspecified atom stereocenters. The Morgan fingerprint density at radius 3 is 2.48 bits per heavy atom. The fraction of sp³-hybridized carbons (Fsp3) is 0.333. The zero-order chi connectivity index (χ0) is 21.1. The van der Waals surface area contributed by atoms with Gasteiger partial charge in [0, 0.05) is 7.05 Å². The number of hydrogen-bond donors (Lipinski definition) is 0. The van der Waals surface area contributed by atoms with Gasteiger partial charge in [-0.05, 0) is 85.5 Å². The predicted molar refractivity (Wildman–Crippen MR) is 123 cm³/mol. The van der Waals surface area contributed by atoms with Gasteiger partial charge in [-0.2, -0.15) is 0 Å². The fourth-order valence-electron chi connectivity index (χ4n) is 3.13. The van der Waals surface area contributed by atoms with Gasteiger partial charge in [-0.15, -0.1) is 0 Å². The Morgan fingerprint density at radius 2 is 1.86 bits per heavy atom. The molecule has 0 saturated carbocycles. The van der Waals surface area contributed by atoms with Crippen molar-refractivity contribution in [3.8, 4) is 5.75 Å². The highest BCUT2D eigenvalue weighted by Gasteiger charge is 2.30. The van der Waals surface area contributed by atoms with Crippen molar-refractivity contribution in [3.05, 3.63) is 63.6 Å². The van der Waals surface area contributed by atoms with E-state index in [1.807, 2.05) is 51.1 Å². The molecule has 0 N–H and O–H groups in total. The number of aliphatic imine (C=N–C) groups is 1. The normalized spacial score (nSPS) is 17.1. The van der Waals surface area contributed by atoms with Crippen LogP contribution in [0.5, 0.6) is 5.75 Å². The van der Waals surface area contributed by atoms with Crippen LogP contribution in [0.3, 0.4) is 0 Å². The highest BCUT2D eigenvalue weighted by molar-refractivity contribution is 8.18. The largest absolute Gasteiger partial charge is 0.494 e. The molecular formula is C24H28N2O2S. The average Bonchev–Trinajstić information content (AvgIpc) is 2.93. The maximum Gasteiger partial charge on any atom is 0.266 e. The van der Waals surface area contributed by atoms with E-state index in [1.54, 1.807) is 11.9 Å². The first-order chi connectivity index (χ1) is 13.8. The van der Waals surface area contributed by atoms with E-state index in [2.05, 4.69) is 31.0 Å². The third-order valence-electron chi connectivity index (χ3n) is 4.87. The smallest absolute Gasteiger partial charge is 0.266 e. The molecule has 1 aliphatic heterocycles. The number of nitrogens with zero attached hydrogens (tertiary/aromatic N) is 2. The molecule has 3 rings (SSSR count). The summed E-state index contributed by atoms with van der Waals surface area (Å²) in [6, 6.07) is 12.2. The van der Waals surface area contributed by atoms with Gasteiger partial charge in [-0.1, -0.05) is 31.5 Å². The van der Waals surface area contributed by atoms with Crippen molar-refractivity contribution < 1.29 is 9.53 Å². The monoisotopic (exact) mass is 408 g/mol. The van der Waals surface area contributed by atoms with Crippen LogP contribution >= 0.6 is 11.8 Å². The van der Waals surface area contributed by atoms with E-state index in [9.17, 15) is 4.79 Å². The number of hydrogen-bond acceptors (Lipinski definition) is 4. The van der Waals surface area contributed by atoms with Crippen molar-refractivity contribution in [2.75, 3.05) is 13.7 Å². The number of thioether (sulfide) groups is 1. The van der Waals surface area contributed by atoms with Crippen LogP contribution in [0, 0.1) is 13.8 Å². The van der Waals surface area contributed by atoms with Crippen LogP contribution in [-0.4, -0.2) is 29.6 Å². The van der Waals surface area contributed by atoms with Crippen LogP contribution < -0.4 is 4.74 Å². The van der Waals surface area contributed by atoms with Gasteiger partial charge in [0.2, 0.25) is 0 Å². The molecule has 1 heterocycles. The minimum absolute atomic E-state index is 0.0276. The van der Waals surface area contributed by atoms with Gasteiger partial charge >= 0.3 is 0 Å². The number of ether oxygens (including phenoxy) is 1. The van der Waals surface area contributed by atoms with E-state index in [1.165, 1.54) is 17.3 Å². The lowest BCUT2D eigenvalue weighted by Gasteiger charge is -2.16. The van der Waals surface area contributed by atoms with E-state index >= 15 is 0 Å². The molecule has 0 bridgehead atoms. The second-order valence-electron chi connectivity index (χ2n) is 7.54. The van der Waals surface area contributed by atoms with Crippen LogP contribution in [0.1, 0.15) is 48.9 Å². The number of carbonyl (C=O) groups is 1. The standard InChI is InChI=1S/C24H28N2O2S/c1-7-28-21-12-17(5)18(13-20(21)15(2)3)14-22-23(27)26(6)24(29-22)25-19-10-8-16(4)9-11-19/h8-15H,7H2,1-6H3/b22-14-,25-24?. The maximum absolute atomic E-state index is 12.8. The number of benzene rings is 2. The SMILES string of the molecule is CCOc1cc(C)c(/C=C2\SC(=Nc3ccc(C)cc3)N(C)C2=O)cc1C(C)C. The lowest BCUT2D eigenvalue weighted by Crippen LogP contribution is -2.23. The Balaban J connectivity index is 1.95. The molecule has 1 saturated heterocycles. The molecule has 1 amide bonds. The van der Waals surface area contributed by atoms with E-state index in [4.69, 9.17) is 4.74 Å². The van der Waals surface area contributed by atoms with Gasteiger partial charge in [0.05, 0.1) is 17.2 Å². The number of amidine groups is 1. The molecule has 0 spiro atoms. The summed E-state index contributed by atoms with van der Waals surface area (Å²) in [6.07, 6.45) is 1.97. The molecule has 2 aromatic rings. The summed E-state index contributed by atoms with van der Waals surface area (Å²) in [7, 11) is 1.77. The van der Waals surface area contributed by atoms with Gasteiger partial charge in [-0.3, -0.25) is 9.69 Å². The highest BCUT2D eigenvalue weighted by atomic mass is 32.2. The molecule has 152 valence electrons. The summed E-state index contributed by atoms with van der Waals surface area (Å²) in [5.74, 6) is 1.23. The van der Waals surface area contributed by atoms with Crippen molar-refractivity contribution >= 4 is 34.6 Å². The molecule has 5 heteroatoms. The molecule has 0 aromatic heterocycles. The Bertz CT molecular complexity index is 975. The Labute approximate surface area is 177 Å². The van der Waals surface area contributed by atoms with Crippen LogP contribution in [0.4, 0.5) is 5.69 Å². The van der Waals surface area contributed by atoms with E-state index in [-0.39, 0.29) is 5.91 Å². The zero-order valence-corrected chi connectivity index (χ0v) is 18.8. The molecule has 1 aliphatic rings. The molecule has 2 aromatic carbocycles. The summed E-state index contributed by atoms with van der Waals surface area (Å²) < 4.78 is 5.81. The molecule has 4 nitrogen and oxygen atoms in total. The lowest BCUT2D eigenvalue weighted by molar-refractivity contribution is -0.121. The Hall–Kier alpha value is -2.53. The first kappa shape index (κ1) is 21.2. The van der Waals surface area contributed by atoms with Crippen molar-refractivity contribution in [2.24, 2.45) is 4.99 Å². The third kappa shape index (κ3) is 4.73. The van der Waals surface area contributed by atoms with E-state index in [0.717, 1.165) is 28.1 Å². The van der Waals surface area contributed by atoms with Crippen LogP contribution in [0.25, 0.3) is 6.08 Å². The molecule has 0 atom stereocenters. The number of amides is 1. The molecule has 0 aliphatic carbocycles. The summed E-state index contributed by atoms with van der Waals surface area (Å²) in [6.45, 7) is 11.0. The summed E-state index contributed by atoms with van der Waals surface area (Å²) in [5.41, 5.74) is 5.31. The van der Waals surface area contributed by atoms with Gasteiger partial charge in [-0.25, -0.2) is 4.99 Å². The zero-order valence-electron chi connectivity index (χ0n) is 17.9. The molecule has 1 fully saturated rings. The van der Waals surface area contributed by atoms with Crippen molar-refractivity contribution in [1.29, 1.82) is 0 Å². The average molecular weight is 409 g/mol. The maximum atomic E-state index is 12.8. The Morgan fingerprint density at radius 1 is 1.17 bits per heavy atom. The Kier molecular flexibility index (Phi) is 6.48. The second kappa shape index (κ2) is 8.87. The number of likely N-dealkylation sites (N-methyl/N-ethyl adjacent to an activating group) is 1. The first-order valence-corrected chi connectivity index (χ1v) is 10.7. The van der Waals surface area contributed by atoms with Gasteiger partial charge in [0.25, 0.3) is 5.91 Å². The first-order valence-electron chi connectivity index (χ1n) is 9.90. The molecule has 0 radical (unpaired) electrons. The van der Waals surface area contributed by atoms with Crippen LogP contribution in [0.2, 0.25) is 0 Å². The number of aryl methyl sites for hydroxylation is 2. The predicted octanol–water partition coefficient (Wildman–Crippen LogP) is 6.06. The quantitative estimate of drug-likeness (QED) is 0.565. The summed E-state index contributed by atoms with van der Waals surface area (Å²) >= 11 is 1.41. The fourth-order valence-corrected chi connectivity index (χ4v) is 4.10. The summed E-state index contributed by atoms with van der Waals surface area (Å²) in [4.78, 5) is 19.7. The summed E-state index contributed by atoms with van der Waals surface area (Å²) in [5, 5.41) is 0.692. The number of carbonyl (C=O) groups excluding carboxylic acids is 1. The molecule has 29 heavy (non-hydrogen) atoms. The van der Waals surface area contributed by atoms with Crippen molar-refractivity contribution in [1.82, 2.24) is 4.90 Å². The van der Waals surface area contributed by atoms with Crippen molar-refractivity contribution in [3.63, 3.8) is 0 Å². The topological polar surface area (TPSA) is 41.9 Å². The van der Waals surface area contributed by atoms with E-state index in [0.29, 0.717) is 22.6 Å². The molecular weight excluding hydrogens is 380 g/mol. The van der Waals surface area contributed by atoms with Crippen LogP contribution in [0.15, 0.2) is 46.3 Å². The van der Waals surface area contributed by atoms with Gasteiger partial charge in [0.15, 0.2) is 5.17 Å². The number of rotatable bonds is 5. The third-order valence-corrected chi connectivity index (χ3v) is 5.93.